The minimum absolute atomic E-state index is 0.0167. The highest BCUT2D eigenvalue weighted by atomic mass is 32.2. The molecule has 0 saturated carbocycles. The summed E-state index contributed by atoms with van der Waals surface area (Å²) in [5, 5.41) is 8.33. The van der Waals surface area contributed by atoms with Gasteiger partial charge in [-0.1, -0.05) is 0 Å². The summed E-state index contributed by atoms with van der Waals surface area (Å²) in [4.78, 5) is 10.1. The third-order valence-electron chi connectivity index (χ3n) is 1.73. The Morgan fingerprint density at radius 1 is 0.895 bits per heavy atom. The topological polar surface area (TPSA) is 108 Å². The van der Waals surface area contributed by atoms with Crippen LogP contribution in [0.15, 0.2) is 0 Å². The first-order chi connectivity index (χ1) is 8.92. The lowest BCUT2D eigenvalue weighted by Crippen LogP contribution is -2.14. The van der Waals surface area contributed by atoms with Crippen molar-refractivity contribution < 1.29 is 36.7 Å². The Labute approximate surface area is 112 Å². The molecule has 0 aliphatic heterocycles. The van der Waals surface area contributed by atoms with Crippen LogP contribution in [-0.4, -0.2) is 72.0 Å². The van der Waals surface area contributed by atoms with Crippen LogP contribution in [0, 0.1) is 0 Å². The van der Waals surface area contributed by atoms with Crippen molar-refractivity contribution >= 4 is 16.1 Å². The van der Waals surface area contributed by atoms with E-state index in [-0.39, 0.29) is 26.2 Å². The van der Waals surface area contributed by atoms with E-state index in [1.54, 1.807) is 0 Å². The highest BCUT2D eigenvalue weighted by molar-refractivity contribution is 7.85. The molecule has 0 aromatic heterocycles. The fourth-order valence-electron chi connectivity index (χ4n) is 0.946. The maximum absolute atomic E-state index is 10.6. The van der Waals surface area contributed by atoms with Crippen LogP contribution in [0.1, 0.15) is 6.42 Å². The van der Waals surface area contributed by atoms with Crippen molar-refractivity contribution in [1.82, 2.24) is 0 Å². The average molecular weight is 300 g/mol. The van der Waals surface area contributed by atoms with Gasteiger partial charge in [-0.05, 0) is 0 Å². The quantitative estimate of drug-likeness (QED) is 0.358. The highest BCUT2D eigenvalue weighted by Gasteiger charge is 2.00. The molecular weight excluding hydrogens is 280 g/mol. The van der Waals surface area contributed by atoms with Crippen molar-refractivity contribution in [3.8, 4) is 0 Å². The number of carboxylic acids is 1. The molecule has 0 spiro atoms. The van der Waals surface area contributed by atoms with E-state index in [4.69, 9.17) is 19.3 Å². The lowest BCUT2D eigenvalue weighted by atomic mass is 10.5. The molecule has 0 heterocycles. The molecule has 0 radical (unpaired) electrons. The minimum atomic E-state index is -3.41. The Bertz CT molecular complexity index is 326. The van der Waals surface area contributed by atoms with Gasteiger partial charge in [0.25, 0.3) is 10.1 Å². The molecule has 0 aromatic carbocycles. The zero-order chi connectivity index (χ0) is 14.6. The van der Waals surface area contributed by atoms with Gasteiger partial charge < -0.3 is 19.3 Å². The van der Waals surface area contributed by atoms with Crippen LogP contribution in [0.2, 0.25) is 0 Å². The van der Waals surface area contributed by atoms with E-state index in [9.17, 15) is 13.2 Å². The molecule has 0 atom stereocenters. The van der Waals surface area contributed by atoms with Crippen LogP contribution in [0.4, 0.5) is 0 Å². The average Bonchev–Trinajstić information content (AvgIpc) is 2.28. The molecule has 19 heavy (non-hydrogen) atoms. The summed E-state index contributed by atoms with van der Waals surface area (Å²) in [5.74, 6) is -0.898. The number of hydrogen-bond acceptors (Lipinski definition) is 7. The van der Waals surface area contributed by atoms with Gasteiger partial charge in [0.2, 0.25) is 0 Å². The van der Waals surface area contributed by atoms with Crippen LogP contribution in [0.5, 0.6) is 0 Å². The number of carbonyl (C=O) groups is 1. The van der Waals surface area contributed by atoms with Crippen molar-refractivity contribution in [2.24, 2.45) is 0 Å². The van der Waals surface area contributed by atoms with Crippen molar-refractivity contribution in [2.75, 3.05) is 52.5 Å². The van der Waals surface area contributed by atoms with Gasteiger partial charge in [0.1, 0.15) is 0 Å². The highest BCUT2D eigenvalue weighted by Crippen LogP contribution is 1.87. The summed E-state index contributed by atoms with van der Waals surface area (Å²) in [6.07, 6.45) is 0.948. The van der Waals surface area contributed by atoms with Gasteiger partial charge >= 0.3 is 5.97 Å². The minimum Gasteiger partial charge on any atom is -0.481 e. The molecule has 0 aliphatic carbocycles. The van der Waals surface area contributed by atoms with Crippen molar-refractivity contribution in [3.63, 3.8) is 0 Å². The first kappa shape index (κ1) is 18.3. The molecule has 8 nitrogen and oxygen atoms in total. The Balaban J connectivity index is 3.09. The number of aliphatic carboxylic acids is 1. The summed E-state index contributed by atoms with van der Waals surface area (Å²) >= 11 is 0. The lowest BCUT2D eigenvalue weighted by Gasteiger charge is -2.06. The molecule has 114 valence electrons. The van der Waals surface area contributed by atoms with E-state index in [1.165, 1.54) is 0 Å². The monoisotopic (exact) mass is 300 g/mol. The van der Waals surface area contributed by atoms with E-state index in [2.05, 4.69) is 4.18 Å². The molecular formula is C10H20O8S. The second-order valence-electron chi connectivity index (χ2n) is 3.51. The van der Waals surface area contributed by atoms with Crippen molar-refractivity contribution in [3.05, 3.63) is 0 Å². The van der Waals surface area contributed by atoms with Crippen LogP contribution >= 0.6 is 0 Å². The molecule has 0 fully saturated rings. The standard InChI is InChI=1S/C10H20O8S/c1-19(13,14)18-9-8-17-7-6-16-5-4-15-3-2-10(11)12/h2-9H2,1H3,(H,11,12). The SMILES string of the molecule is CS(=O)(=O)OCCOCCOCCOCCC(=O)O. The predicted octanol–water partition coefficient (Wildman–Crippen LogP) is -0.513. The van der Waals surface area contributed by atoms with Crippen LogP contribution < -0.4 is 0 Å². The van der Waals surface area contributed by atoms with Gasteiger partial charge in [-0.15, -0.1) is 0 Å². The van der Waals surface area contributed by atoms with Crippen LogP contribution in [-0.2, 0) is 33.3 Å². The zero-order valence-corrected chi connectivity index (χ0v) is 11.7. The van der Waals surface area contributed by atoms with Gasteiger partial charge in [-0.2, -0.15) is 8.42 Å². The zero-order valence-electron chi connectivity index (χ0n) is 10.9. The molecule has 0 amide bonds. The van der Waals surface area contributed by atoms with Gasteiger partial charge in [0, 0.05) is 0 Å². The second-order valence-corrected chi connectivity index (χ2v) is 5.15. The molecule has 0 aliphatic rings. The van der Waals surface area contributed by atoms with E-state index >= 15 is 0 Å². The van der Waals surface area contributed by atoms with E-state index < -0.39 is 16.1 Å². The van der Waals surface area contributed by atoms with Crippen molar-refractivity contribution in [1.29, 1.82) is 0 Å². The summed E-state index contributed by atoms with van der Waals surface area (Å²) in [7, 11) is -3.41. The van der Waals surface area contributed by atoms with Crippen LogP contribution in [0.25, 0.3) is 0 Å². The molecule has 0 aromatic rings. The number of ether oxygens (including phenoxy) is 3. The van der Waals surface area contributed by atoms with Crippen molar-refractivity contribution in [2.45, 2.75) is 6.42 Å². The third-order valence-corrected chi connectivity index (χ3v) is 2.32. The van der Waals surface area contributed by atoms with Gasteiger partial charge in [0.15, 0.2) is 0 Å². The maximum atomic E-state index is 10.6. The smallest absolute Gasteiger partial charge is 0.305 e. The molecule has 1 N–H and O–H groups in total. The third kappa shape index (κ3) is 17.3. The largest absolute Gasteiger partial charge is 0.481 e. The first-order valence-corrected chi connectivity index (χ1v) is 7.53. The van der Waals surface area contributed by atoms with E-state index in [0.717, 1.165) is 6.26 Å². The number of carboxylic acid groups (broad SMARTS) is 1. The Morgan fingerprint density at radius 2 is 1.32 bits per heavy atom. The van der Waals surface area contributed by atoms with Gasteiger partial charge in [-0.3, -0.25) is 8.98 Å². The predicted molar refractivity (Wildman–Crippen MR) is 65.5 cm³/mol. The first-order valence-electron chi connectivity index (χ1n) is 5.71. The second kappa shape index (κ2) is 11.1. The summed E-state index contributed by atoms with van der Waals surface area (Å²) in [6.45, 7) is 1.66. The summed E-state index contributed by atoms with van der Waals surface area (Å²) in [6, 6.07) is 0. The van der Waals surface area contributed by atoms with E-state index in [1.807, 2.05) is 0 Å². The maximum Gasteiger partial charge on any atom is 0.305 e. The van der Waals surface area contributed by atoms with Crippen LogP contribution in [0.3, 0.4) is 0 Å². The Hall–Kier alpha value is -0.740. The summed E-state index contributed by atoms with van der Waals surface area (Å²) in [5.41, 5.74) is 0. The molecule has 0 rings (SSSR count). The molecule has 0 bridgehead atoms. The number of rotatable bonds is 13. The van der Waals surface area contributed by atoms with E-state index in [0.29, 0.717) is 26.4 Å². The molecule has 9 heteroatoms. The normalized spacial score (nSPS) is 11.6. The van der Waals surface area contributed by atoms with Gasteiger partial charge in [-0.25, -0.2) is 0 Å². The van der Waals surface area contributed by atoms with Gasteiger partial charge in [0.05, 0.1) is 58.9 Å². The Morgan fingerprint density at radius 3 is 1.74 bits per heavy atom. The number of hydrogen-bond donors (Lipinski definition) is 1. The Kier molecular flexibility index (Phi) is 10.7. The fourth-order valence-corrected chi connectivity index (χ4v) is 1.32. The summed E-state index contributed by atoms with van der Waals surface area (Å²) < 4.78 is 40.8. The molecule has 0 unspecified atom stereocenters. The lowest BCUT2D eigenvalue weighted by molar-refractivity contribution is -0.138. The fraction of sp³-hybridized carbons (Fsp3) is 0.900. The molecule has 0 saturated heterocycles.